The van der Waals surface area contributed by atoms with Crippen molar-refractivity contribution >= 4 is 28.4 Å². The van der Waals surface area contributed by atoms with E-state index in [-0.39, 0.29) is 52.0 Å². The van der Waals surface area contributed by atoms with Crippen molar-refractivity contribution in [2.75, 3.05) is 0 Å². The van der Waals surface area contributed by atoms with Gasteiger partial charge in [0.2, 0.25) is 11.6 Å². The first-order valence-electron chi connectivity index (χ1n) is 15.0. The molecular weight excluding hydrogens is 620 g/mol. The molecule has 12 nitrogen and oxygen atoms in total. The van der Waals surface area contributed by atoms with Crippen LogP contribution in [0.3, 0.4) is 0 Å². The number of aryl methyl sites for hydroxylation is 2. The maximum absolute atomic E-state index is 13.0. The van der Waals surface area contributed by atoms with Gasteiger partial charge in [0.25, 0.3) is 5.56 Å². The van der Waals surface area contributed by atoms with Crippen molar-refractivity contribution in [3.05, 3.63) is 109 Å². The number of carbonyl (C=O) groups is 3. The summed E-state index contributed by atoms with van der Waals surface area (Å²) in [6.45, 7) is 4.94. The third-order valence-corrected chi connectivity index (χ3v) is 9.26. The average molecular weight is 649 g/mol. The fourth-order valence-electron chi connectivity index (χ4n) is 6.66. The van der Waals surface area contributed by atoms with Crippen molar-refractivity contribution in [2.45, 2.75) is 45.9 Å². The molecule has 242 valence electrons. The number of pyridine rings is 2. The minimum Gasteiger partial charge on any atom is -0.507 e. The van der Waals surface area contributed by atoms with Crippen molar-refractivity contribution in [2.24, 2.45) is 0 Å². The third kappa shape index (κ3) is 4.15. The third-order valence-electron chi connectivity index (χ3n) is 9.26. The maximum Gasteiger partial charge on any atom is 0.343 e. The lowest BCUT2D eigenvalue weighted by Gasteiger charge is -2.31. The van der Waals surface area contributed by atoms with E-state index < -0.39 is 46.1 Å². The lowest BCUT2D eigenvalue weighted by Crippen LogP contribution is -2.44. The molecule has 1 unspecified atom stereocenters. The van der Waals surface area contributed by atoms with Crippen LogP contribution in [0, 0.1) is 13.8 Å². The number of carbonyl (C=O) groups excluding carboxylic acids is 3. The Morgan fingerprint density at radius 3 is 2.00 bits per heavy atom. The van der Waals surface area contributed by atoms with E-state index in [4.69, 9.17) is 9.72 Å². The predicted octanol–water partition coefficient (Wildman–Crippen LogP) is 3.98. The van der Waals surface area contributed by atoms with Crippen LogP contribution in [-0.4, -0.2) is 52.6 Å². The van der Waals surface area contributed by atoms with Gasteiger partial charge >= 0.3 is 5.97 Å². The van der Waals surface area contributed by atoms with Crippen molar-refractivity contribution in [1.82, 2.24) is 9.55 Å². The zero-order chi connectivity index (χ0) is 34.4. The van der Waals surface area contributed by atoms with E-state index in [1.165, 1.54) is 13.8 Å². The number of fused-ring (bicyclic) bond motifs is 7. The summed E-state index contributed by atoms with van der Waals surface area (Å²) in [6, 6.07) is 13.9. The van der Waals surface area contributed by atoms with E-state index in [0.717, 1.165) is 34.3 Å². The number of phenols is 4. The van der Waals surface area contributed by atoms with E-state index in [2.05, 4.69) is 0 Å². The molecule has 0 bridgehead atoms. The highest BCUT2D eigenvalue weighted by atomic mass is 16.6. The van der Waals surface area contributed by atoms with Gasteiger partial charge in [-0.15, -0.1) is 0 Å². The molecular formula is C36H28N2O10. The Morgan fingerprint density at radius 1 is 0.833 bits per heavy atom. The van der Waals surface area contributed by atoms with Gasteiger partial charge in [-0.05, 0) is 61.7 Å². The van der Waals surface area contributed by atoms with Crippen molar-refractivity contribution in [3.63, 3.8) is 0 Å². The average Bonchev–Trinajstić information content (AvgIpc) is 3.42. The van der Waals surface area contributed by atoms with Gasteiger partial charge in [-0.25, -0.2) is 9.78 Å². The highest BCUT2D eigenvalue weighted by molar-refractivity contribution is 6.32. The predicted molar refractivity (Wildman–Crippen MR) is 170 cm³/mol. The summed E-state index contributed by atoms with van der Waals surface area (Å²) >= 11 is 0. The van der Waals surface area contributed by atoms with Crippen molar-refractivity contribution in [3.8, 4) is 34.4 Å². The molecule has 0 spiro atoms. The number of aromatic hydroxyl groups is 4. The first kappa shape index (κ1) is 30.6. The number of benzene rings is 3. The number of ether oxygens (including phenoxy) is 1. The SMILES string of the molecule is CCC1(O)C(=O)OCc2c1cc1n(c2=O)Cc2cc3ccccc3nc2-1.Cc1cc(O)c2c(c1O)C(=O)c1c(O)cc(C)c(O)c1C2=O. The largest absolute Gasteiger partial charge is 0.507 e. The zero-order valence-electron chi connectivity index (χ0n) is 25.9. The number of hydrogen-bond donors (Lipinski definition) is 5. The summed E-state index contributed by atoms with van der Waals surface area (Å²) in [6.07, 6.45) is 0.139. The minimum atomic E-state index is -1.79. The summed E-state index contributed by atoms with van der Waals surface area (Å²) in [5.41, 5.74) is 0.770. The second-order valence-corrected chi connectivity index (χ2v) is 12.1. The van der Waals surface area contributed by atoms with Crippen LogP contribution in [0.25, 0.3) is 22.3 Å². The summed E-state index contributed by atoms with van der Waals surface area (Å²) < 4.78 is 6.72. The number of phenolic OH excluding ortho intramolecular Hbond substituents is 4. The summed E-state index contributed by atoms with van der Waals surface area (Å²) in [5.74, 6) is -4.15. The van der Waals surface area contributed by atoms with Crippen LogP contribution >= 0.6 is 0 Å². The van der Waals surface area contributed by atoms with E-state index in [0.29, 0.717) is 23.4 Å². The Labute approximate surface area is 271 Å². The zero-order valence-corrected chi connectivity index (χ0v) is 25.9. The van der Waals surface area contributed by atoms with E-state index in [9.17, 15) is 44.7 Å². The van der Waals surface area contributed by atoms with Crippen LogP contribution in [0.2, 0.25) is 0 Å². The number of esters is 1. The number of ketones is 2. The Balaban J connectivity index is 0.000000154. The number of rotatable bonds is 1. The lowest BCUT2D eigenvalue weighted by molar-refractivity contribution is -0.172. The van der Waals surface area contributed by atoms with Crippen LogP contribution in [0.4, 0.5) is 0 Å². The Bertz CT molecular complexity index is 2300. The monoisotopic (exact) mass is 648 g/mol. The van der Waals surface area contributed by atoms with Gasteiger partial charge in [-0.1, -0.05) is 25.1 Å². The molecule has 0 amide bonds. The molecule has 0 fully saturated rings. The number of para-hydroxylation sites is 1. The van der Waals surface area contributed by atoms with Crippen LogP contribution < -0.4 is 5.56 Å². The molecule has 3 aromatic carbocycles. The summed E-state index contributed by atoms with van der Waals surface area (Å²) in [5, 5.41) is 51.9. The number of aliphatic hydroxyl groups is 1. The molecule has 4 heterocycles. The van der Waals surface area contributed by atoms with E-state index >= 15 is 0 Å². The molecule has 12 heteroatoms. The topological polar surface area (TPSA) is 196 Å². The van der Waals surface area contributed by atoms with Gasteiger partial charge in [0.05, 0.1) is 51.3 Å². The lowest BCUT2D eigenvalue weighted by atomic mass is 9.80. The molecule has 1 aliphatic carbocycles. The molecule has 0 radical (unpaired) electrons. The summed E-state index contributed by atoms with van der Waals surface area (Å²) in [4.78, 5) is 55.0. The molecule has 0 saturated carbocycles. The van der Waals surface area contributed by atoms with Gasteiger partial charge in [0.15, 0.2) is 5.60 Å². The quantitative estimate of drug-likeness (QED) is 0.128. The molecule has 3 aliphatic rings. The smallest absolute Gasteiger partial charge is 0.343 e. The Morgan fingerprint density at radius 2 is 1.42 bits per heavy atom. The number of aromatic nitrogens is 2. The fourth-order valence-corrected chi connectivity index (χ4v) is 6.66. The molecule has 5 N–H and O–H groups in total. The fraction of sp³-hybridized carbons (Fsp3) is 0.194. The van der Waals surface area contributed by atoms with Gasteiger partial charge in [-0.2, -0.15) is 0 Å². The molecule has 2 aromatic heterocycles. The first-order valence-corrected chi connectivity index (χ1v) is 15.0. The molecule has 0 saturated heterocycles. The van der Waals surface area contributed by atoms with E-state index in [1.807, 2.05) is 30.3 Å². The maximum atomic E-state index is 13.0. The minimum absolute atomic E-state index is 0.110. The second-order valence-electron chi connectivity index (χ2n) is 12.1. The number of cyclic esters (lactones) is 1. The van der Waals surface area contributed by atoms with Crippen LogP contribution in [0.15, 0.2) is 53.3 Å². The van der Waals surface area contributed by atoms with Crippen LogP contribution in [0.5, 0.6) is 23.0 Å². The van der Waals surface area contributed by atoms with Gasteiger partial charge in [-0.3, -0.25) is 14.4 Å². The summed E-state index contributed by atoms with van der Waals surface area (Å²) in [7, 11) is 0. The second kappa shape index (κ2) is 10.5. The standard InChI is InChI=1S/C20H16N2O4.C16H12O6/c1-2-20(25)14-8-16-17-12(7-11-5-3-4-6-15(11)21-17)9-22(16)18(23)13(14)10-26-19(20)24;1-5-3-7(17)9-11(13(5)19)15(21)10-8(18)4-6(2)14(20)12(10)16(9)22/h3-8,25H,2,9-10H2,1H3;3-4,17-20H,1-2H3. The molecule has 48 heavy (non-hydrogen) atoms. The molecule has 8 rings (SSSR count). The first-order chi connectivity index (χ1) is 22.8. The van der Waals surface area contributed by atoms with Crippen molar-refractivity contribution in [1.29, 1.82) is 0 Å². The van der Waals surface area contributed by atoms with Crippen molar-refractivity contribution < 1.29 is 44.7 Å². The normalized spacial score (nSPS) is 17.0. The van der Waals surface area contributed by atoms with Crippen LogP contribution in [0.1, 0.15) is 73.0 Å². The highest BCUT2D eigenvalue weighted by Gasteiger charge is 2.45. The van der Waals surface area contributed by atoms with Gasteiger partial charge < -0.3 is 34.8 Å². The highest BCUT2D eigenvalue weighted by Crippen LogP contribution is 2.45. The Hall–Kier alpha value is -6.01. The van der Waals surface area contributed by atoms with Crippen LogP contribution in [-0.2, 0) is 28.3 Å². The molecule has 2 aliphatic heterocycles. The molecule has 5 aromatic rings. The number of nitrogens with zero attached hydrogens (tertiary/aromatic N) is 2. The molecule has 1 atom stereocenters. The van der Waals surface area contributed by atoms with Gasteiger partial charge in [0.1, 0.15) is 29.6 Å². The number of hydrogen-bond acceptors (Lipinski definition) is 11. The Kier molecular flexibility index (Phi) is 6.70. The van der Waals surface area contributed by atoms with Gasteiger partial charge in [0, 0.05) is 16.5 Å². The van der Waals surface area contributed by atoms with E-state index in [1.54, 1.807) is 17.6 Å².